The van der Waals surface area contributed by atoms with Crippen LogP contribution in [0.3, 0.4) is 0 Å². The number of hydrogen-bond donors (Lipinski definition) is 1. The number of hydrogen-bond acceptors (Lipinski definition) is 10. The zero-order valence-electron chi connectivity index (χ0n) is 19.8. The van der Waals surface area contributed by atoms with Gasteiger partial charge in [0.2, 0.25) is 0 Å². The van der Waals surface area contributed by atoms with E-state index >= 15 is 0 Å². The smallest absolute Gasteiger partial charge is 0.320 e. The zero-order valence-corrected chi connectivity index (χ0v) is 20.6. The number of aromatic nitrogens is 1. The second-order valence-corrected chi connectivity index (χ2v) is 8.81. The second-order valence-electron chi connectivity index (χ2n) is 7.98. The maximum atomic E-state index is 12.1. The number of nitrogens with two attached hydrogens (primary N) is 1. The van der Waals surface area contributed by atoms with E-state index in [-0.39, 0.29) is 18.0 Å². The van der Waals surface area contributed by atoms with Gasteiger partial charge in [0.1, 0.15) is 0 Å². The van der Waals surface area contributed by atoms with Gasteiger partial charge in [-0.1, -0.05) is 24.3 Å². The lowest BCUT2D eigenvalue weighted by molar-refractivity contribution is -0.145. The molecule has 184 valence electrons. The average Bonchev–Trinajstić information content (AvgIpc) is 3.31. The summed E-state index contributed by atoms with van der Waals surface area (Å²) in [4.78, 5) is 33.1. The van der Waals surface area contributed by atoms with Crippen LogP contribution in [0.15, 0.2) is 34.7 Å². The number of esters is 2. The highest BCUT2D eigenvalue weighted by Crippen LogP contribution is 2.31. The van der Waals surface area contributed by atoms with Crippen molar-refractivity contribution >= 4 is 34.6 Å². The Labute approximate surface area is 204 Å². The summed E-state index contributed by atoms with van der Waals surface area (Å²) in [7, 11) is 0. The molecule has 0 aliphatic carbocycles. The minimum absolute atomic E-state index is 0.187. The number of benzene rings is 1. The van der Waals surface area contributed by atoms with Crippen molar-refractivity contribution in [1.82, 2.24) is 9.88 Å². The maximum Gasteiger partial charge on any atom is 0.320 e. The summed E-state index contributed by atoms with van der Waals surface area (Å²) in [6.45, 7) is 6.84. The van der Waals surface area contributed by atoms with Gasteiger partial charge in [0, 0.05) is 36.6 Å². The standard InChI is InChI=1S/C24H33N5O4S/c1-3-32-22(30)11-14-29(20-9-12-28(13-10-20)16-23(31)33-4-2)24-27-21(17-34-24)19-7-5-18(6-8-19)15-26-25/h5-8,15,17,20H,3-4,9-14,16,25H2,1-2H3/b26-15+. The third kappa shape index (κ3) is 7.26. The van der Waals surface area contributed by atoms with Crippen LogP contribution in [-0.4, -0.2) is 73.5 Å². The van der Waals surface area contributed by atoms with Crippen LogP contribution in [0.5, 0.6) is 0 Å². The molecule has 1 aromatic heterocycles. The molecule has 1 aliphatic rings. The maximum absolute atomic E-state index is 12.1. The van der Waals surface area contributed by atoms with Gasteiger partial charge in [-0.15, -0.1) is 11.3 Å². The fraction of sp³-hybridized carbons (Fsp3) is 0.500. The number of likely N-dealkylation sites (tertiary alicyclic amines) is 1. The van der Waals surface area contributed by atoms with E-state index in [2.05, 4.69) is 14.9 Å². The fourth-order valence-corrected chi connectivity index (χ4v) is 4.95. The first-order chi connectivity index (χ1) is 16.5. The number of anilines is 1. The lowest BCUT2D eigenvalue weighted by atomic mass is 10.0. The van der Waals surface area contributed by atoms with Gasteiger partial charge < -0.3 is 20.2 Å². The third-order valence-electron chi connectivity index (χ3n) is 5.69. The van der Waals surface area contributed by atoms with Crippen molar-refractivity contribution in [3.63, 3.8) is 0 Å². The molecule has 0 radical (unpaired) electrons. The Bertz CT molecular complexity index is 955. The van der Waals surface area contributed by atoms with Crippen molar-refractivity contribution < 1.29 is 19.1 Å². The number of thiazole rings is 1. The fourth-order valence-electron chi connectivity index (χ4n) is 4.01. The molecular formula is C24H33N5O4S. The van der Waals surface area contributed by atoms with Gasteiger partial charge in [-0.05, 0) is 32.3 Å². The molecule has 1 fully saturated rings. The van der Waals surface area contributed by atoms with Crippen LogP contribution < -0.4 is 10.7 Å². The van der Waals surface area contributed by atoms with Crippen LogP contribution in [-0.2, 0) is 19.1 Å². The number of ether oxygens (including phenoxy) is 2. The summed E-state index contributed by atoms with van der Waals surface area (Å²) in [6.07, 6.45) is 3.66. The van der Waals surface area contributed by atoms with Gasteiger partial charge in [0.15, 0.2) is 5.13 Å². The van der Waals surface area contributed by atoms with Gasteiger partial charge in [-0.25, -0.2) is 4.98 Å². The highest BCUT2D eigenvalue weighted by Gasteiger charge is 2.28. The minimum Gasteiger partial charge on any atom is -0.466 e. The Morgan fingerprint density at radius 3 is 2.50 bits per heavy atom. The summed E-state index contributed by atoms with van der Waals surface area (Å²) in [5, 5.41) is 6.47. The summed E-state index contributed by atoms with van der Waals surface area (Å²) in [5.74, 6) is 4.83. The minimum atomic E-state index is -0.207. The van der Waals surface area contributed by atoms with Crippen LogP contribution in [0.1, 0.15) is 38.7 Å². The average molecular weight is 488 g/mol. The Hall–Kier alpha value is -2.98. The number of nitrogens with zero attached hydrogens (tertiary/aromatic N) is 4. The quantitative estimate of drug-likeness (QED) is 0.223. The first-order valence-corrected chi connectivity index (χ1v) is 12.5. The number of piperidine rings is 1. The largest absolute Gasteiger partial charge is 0.466 e. The Balaban J connectivity index is 1.71. The topological polar surface area (TPSA) is 110 Å². The lowest BCUT2D eigenvalue weighted by Crippen LogP contribution is -2.47. The summed E-state index contributed by atoms with van der Waals surface area (Å²) in [5.41, 5.74) is 2.82. The van der Waals surface area contributed by atoms with Crippen molar-refractivity contribution in [1.29, 1.82) is 0 Å². The van der Waals surface area contributed by atoms with Crippen LogP contribution in [0.2, 0.25) is 0 Å². The molecule has 0 atom stereocenters. The molecular weight excluding hydrogens is 454 g/mol. The molecule has 1 aliphatic heterocycles. The summed E-state index contributed by atoms with van der Waals surface area (Å²) in [6, 6.07) is 8.11. The van der Waals surface area contributed by atoms with E-state index in [1.807, 2.05) is 43.5 Å². The van der Waals surface area contributed by atoms with Gasteiger partial charge in [0.05, 0.1) is 38.1 Å². The number of carbonyl (C=O) groups excluding carboxylic acids is 2. The normalized spacial score (nSPS) is 14.9. The van der Waals surface area contributed by atoms with E-state index in [1.165, 1.54) is 0 Å². The summed E-state index contributed by atoms with van der Waals surface area (Å²) >= 11 is 1.57. The molecule has 0 spiro atoms. The molecule has 3 rings (SSSR count). The van der Waals surface area contributed by atoms with E-state index in [0.717, 1.165) is 47.9 Å². The molecule has 0 amide bonds. The van der Waals surface area contributed by atoms with Gasteiger partial charge in [-0.3, -0.25) is 14.5 Å². The van der Waals surface area contributed by atoms with Gasteiger partial charge in [-0.2, -0.15) is 5.10 Å². The van der Waals surface area contributed by atoms with Gasteiger partial charge in [0.25, 0.3) is 0 Å². The molecule has 10 heteroatoms. The van der Waals surface area contributed by atoms with E-state index in [9.17, 15) is 9.59 Å². The molecule has 2 aromatic rings. The first kappa shape index (κ1) is 25.6. The van der Waals surface area contributed by atoms with Crippen LogP contribution in [0.4, 0.5) is 5.13 Å². The molecule has 9 nitrogen and oxygen atoms in total. The van der Waals surface area contributed by atoms with E-state index in [4.69, 9.17) is 20.3 Å². The van der Waals surface area contributed by atoms with E-state index in [1.54, 1.807) is 17.6 Å². The van der Waals surface area contributed by atoms with Crippen LogP contribution in [0, 0.1) is 0 Å². The molecule has 0 bridgehead atoms. The monoisotopic (exact) mass is 487 g/mol. The lowest BCUT2D eigenvalue weighted by Gasteiger charge is -2.38. The highest BCUT2D eigenvalue weighted by molar-refractivity contribution is 7.14. The molecule has 0 saturated carbocycles. The SMILES string of the molecule is CCOC(=O)CCN(c1nc(-c2ccc(/C=N/N)cc2)cs1)C1CCN(CC(=O)OCC)CC1. The van der Waals surface area contributed by atoms with Crippen molar-refractivity contribution in [2.45, 2.75) is 39.2 Å². The Morgan fingerprint density at radius 2 is 1.85 bits per heavy atom. The second kappa shape index (κ2) is 13.0. The van der Waals surface area contributed by atoms with E-state index < -0.39 is 0 Å². The predicted molar refractivity (Wildman–Crippen MR) is 134 cm³/mol. The van der Waals surface area contributed by atoms with Crippen molar-refractivity contribution in [3.05, 3.63) is 35.2 Å². The van der Waals surface area contributed by atoms with Crippen molar-refractivity contribution in [2.24, 2.45) is 10.9 Å². The summed E-state index contributed by atoms with van der Waals surface area (Å²) < 4.78 is 10.2. The Morgan fingerprint density at radius 1 is 1.18 bits per heavy atom. The van der Waals surface area contributed by atoms with E-state index in [0.29, 0.717) is 32.7 Å². The predicted octanol–water partition coefficient (Wildman–Crippen LogP) is 2.89. The molecule has 2 heterocycles. The highest BCUT2D eigenvalue weighted by atomic mass is 32.1. The van der Waals surface area contributed by atoms with Gasteiger partial charge >= 0.3 is 11.9 Å². The molecule has 1 saturated heterocycles. The molecule has 34 heavy (non-hydrogen) atoms. The Kier molecular flexibility index (Phi) is 9.84. The zero-order chi connectivity index (χ0) is 24.3. The number of rotatable bonds is 11. The number of hydrazone groups is 1. The van der Waals surface area contributed by atoms with Crippen LogP contribution in [0.25, 0.3) is 11.3 Å². The third-order valence-corrected chi connectivity index (χ3v) is 6.56. The molecule has 2 N–H and O–H groups in total. The molecule has 1 aromatic carbocycles. The van der Waals surface area contributed by atoms with Crippen LogP contribution >= 0.6 is 11.3 Å². The molecule has 0 unspecified atom stereocenters. The first-order valence-electron chi connectivity index (χ1n) is 11.6. The van der Waals surface area contributed by atoms with Crippen molar-refractivity contribution in [2.75, 3.05) is 44.3 Å². The number of carbonyl (C=O) groups is 2. The van der Waals surface area contributed by atoms with Crippen molar-refractivity contribution in [3.8, 4) is 11.3 Å².